The second kappa shape index (κ2) is 8.30. The van der Waals surface area contributed by atoms with Crippen LogP contribution >= 0.6 is 0 Å². The lowest BCUT2D eigenvalue weighted by Crippen LogP contribution is -2.29. The zero-order valence-corrected chi connectivity index (χ0v) is 10.1. The molecule has 0 amide bonds. The summed E-state index contributed by atoms with van der Waals surface area (Å²) in [5, 5.41) is 0. The lowest BCUT2D eigenvalue weighted by molar-refractivity contribution is 0.112. The number of rotatable bonds is 4. The monoisotopic (exact) mass is 260 g/mol. The minimum atomic E-state index is -2.50. The van der Waals surface area contributed by atoms with E-state index in [0.29, 0.717) is 17.4 Å². The average Bonchev–Trinajstić information content (AvgIpc) is 2.33. The van der Waals surface area contributed by atoms with Crippen LogP contribution in [0.2, 0.25) is 0 Å². The highest BCUT2D eigenvalue weighted by atomic mass is 19.3. The van der Waals surface area contributed by atoms with Gasteiger partial charge in [-0.15, -0.1) is 0 Å². The Kier molecular flexibility index (Phi) is 7.46. The maximum atomic E-state index is 12.6. The van der Waals surface area contributed by atoms with Gasteiger partial charge in [0, 0.05) is 12.6 Å². The number of nitrogens with one attached hydrogen (secondary N) is 2. The smallest absolute Gasteiger partial charge is 0.278 e. The highest BCUT2D eigenvalue weighted by Crippen LogP contribution is 2.06. The lowest BCUT2D eigenvalue weighted by atomic mass is 10.1. The highest BCUT2D eigenvalue weighted by molar-refractivity contribution is 5.74. The lowest BCUT2D eigenvalue weighted by Gasteiger charge is -2.04. The first kappa shape index (κ1) is 16.2. The van der Waals surface area contributed by atoms with Crippen molar-refractivity contribution in [2.24, 2.45) is 0 Å². The molecule has 0 heterocycles. The fraction of sp³-hybridized carbons (Fsp3) is 0.250. The minimum absolute atomic E-state index is 0.312. The number of hydrogen-bond acceptors (Lipinski definition) is 3. The third-order valence-corrected chi connectivity index (χ3v) is 1.88. The Morgan fingerprint density at radius 2 is 2.06 bits per heavy atom. The summed E-state index contributed by atoms with van der Waals surface area (Å²) in [5.74, 6) is -0.329. The molecule has 1 aromatic rings. The van der Waals surface area contributed by atoms with Crippen LogP contribution < -0.4 is 10.9 Å². The molecule has 1 aromatic carbocycles. The molecule has 0 aliphatic carbocycles. The Labute approximate surface area is 104 Å². The molecule has 1 rings (SSSR count). The van der Waals surface area contributed by atoms with Crippen molar-refractivity contribution in [3.05, 3.63) is 47.4 Å². The van der Waals surface area contributed by atoms with Gasteiger partial charge in [-0.3, -0.25) is 4.79 Å². The zero-order valence-electron chi connectivity index (χ0n) is 10.1. The Hall–Kier alpha value is -1.82. The molecular weight excluding hydrogens is 245 g/mol. The number of alkyl halides is 2. The van der Waals surface area contributed by atoms with E-state index < -0.39 is 6.43 Å². The first-order valence-corrected chi connectivity index (χ1v) is 5.03. The molecule has 2 N–H and O–H groups in total. The van der Waals surface area contributed by atoms with Gasteiger partial charge in [-0.2, -0.15) is 0 Å². The molecule has 0 aliphatic heterocycles. The van der Waals surface area contributed by atoms with Gasteiger partial charge in [0.15, 0.2) is 0 Å². The van der Waals surface area contributed by atoms with Gasteiger partial charge in [0.05, 0.1) is 5.70 Å². The number of benzene rings is 1. The fourth-order valence-corrected chi connectivity index (χ4v) is 0.898. The predicted octanol–water partition coefficient (Wildman–Crippen LogP) is 2.44. The number of aryl methyl sites for hydroxylation is 1. The molecule has 0 unspecified atom stereocenters. The molecule has 100 valence electrons. The van der Waals surface area contributed by atoms with Crippen LogP contribution in [0, 0.1) is 12.7 Å². The fourth-order valence-electron chi connectivity index (χ4n) is 0.898. The summed E-state index contributed by atoms with van der Waals surface area (Å²) < 4.78 is 35.4. The summed E-state index contributed by atoms with van der Waals surface area (Å²) in [5.41, 5.74) is 5.10. The van der Waals surface area contributed by atoms with Crippen molar-refractivity contribution in [2.75, 3.05) is 7.05 Å². The highest BCUT2D eigenvalue weighted by Gasteiger charge is 2.04. The molecule has 0 aliphatic rings. The van der Waals surface area contributed by atoms with Gasteiger partial charge in [0.1, 0.15) is 12.1 Å². The summed E-state index contributed by atoms with van der Waals surface area (Å²) in [6.07, 6.45) is -1.87. The van der Waals surface area contributed by atoms with E-state index in [0.717, 1.165) is 0 Å². The van der Waals surface area contributed by atoms with Crippen LogP contribution in [0.4, 0.5) is 13.2 Å². The zero-order chi connectivity index (χ0) is 14.1. The first-order valence-electron chi connectivity index (χ1n) is 5.03. The van der Waals surface area contributed by atoms with Gasteiger partial charge in [0.25, 0.3) is 6.43 Å². The average molecular weight is 260 g/mol. The Balaban J connectivity index is 0.000000331. The summed E-state index contributed by atoms with van der Waals surface area (Å²) in [4.78, 5) is 10.1. The molecular formula is C12H15F3N2O. The van der Waals surface area contributed by atoms with Crippen molar-refractivity contribution in [1.29, 1.82) is 0 Å². The van der Waals surface area contributed by atoms with Crippen molar-refractivity contribution >= 4 is 6.29 Å². The van der Waals surface area contributed by atoms with Crippen molar-refractivity contribution < 1.29 is 18.0 Å². The molecule has 0 fully saturated rings. The van der Waals surface area contributed by atoms with Crippen LogP contribution in [0.5, 0.6) is 0 Å². The van der Waals surface area contributed by atoms with E-state index in [1.165, 1.54) is 13.1 Å². The van der Waals surface area contributed by atoms with Crippen LogP contribution in [0.1, 0.15) is 15.9 Å². The maximum Gasteiger partial charge on any atom is 0.278 e. The maximum absolute atomic E-state index is 12.6. The molecule has 0 atom stereocenters. The van der Waals surface area contributed by atoms with Gasteiger partial charge in [0.2, 0.25) is 0 Å². The van der Waals surface area contributed by atoms with Crippen molar-refractivity contribution in [3.63, 3.8) is 0 Å². The van der Waals surface area contributed by atoms with E-state index in [4.69, 9.17) is 0 Å². The van der Waals surface area contributed by atoms with Crippen molar-refractivity contribution in [2.45, 2.75) is 13.3 Å². The van der Waals surface area contributed by atoms with E-state index in [1.54, 1.807) is 19.1 Å². The van der Waals surface area contributed by atoms with E-state index >= 15 is 0 Å². The number of aldehydes is 1. The number of halogens is 3. The van der Waals surface area contributed by atoms with Crippen molar-refractivity contribution in [3.8, 4) is 0 Å². The standard InChI is InChI=1S/C8H7FO.C4H8F2N2/c1-6-2-3-7(5-10)4-8(6)9;1-3(4(5)6)8-7-2/h2-5H,1H3;4,7-8H,1H2,2H3. The first-order chi connectivity index (χ1) is 8.42. The number of carbonyl (C=O) groups excluding carboxylic acids is 1. The Morgan fingerprint density at radius 3 is 2.39 bits per heavy atom. The second-order valence-electron chi connectivity index (χ2n) is 3.33. The van der Waals surface area contributed by atoms with Crippen LogP contribution in [-0.2, 0) is 0 Å². The molecule has 18 heavy (non-hydrogen) atoms. The Morgan fingerprint density at radius 1 is 1.44 bits per heavy atom. The molecule has 0 saturated heterocycles. The molecule has 3 nitrogen and oxygen atoms in total. The number of allylic oxidation sites excluding steroid dienone is 1. The summed E-state index contributed by atoms with van der Waals surface area (Å²) in [6, 6.07) is 4.40. The minimum Gasteiger partial charge on any atom is -0.321 e. The number of hydrogen-bond donors (Lipinski definition) is 2. The quantitative estimate of drug-likeness (QED) is 0.645. The van der Waals surface area contributed by atoms with Crippen LogP contribution in [0.3, 0.4) is 0 Å². The molecule has 0 saturated carbocycles. The van der Waals surface area contributed by atoms with E-state index in [2.05, 4.69) is 17.4 Å². The Bertz CT molecular complexity index is 408. The van der Waals surface area contributed by atoms with Crippen molar-refractivity contribution in [1.82, 2.24) is 10.9 Å². The molecule has 0 spiro atoms. The van der Waals surface area contributed by atoms with E-state index in [-0.39, 0.29) is 11.5 Å². The van der Waals surface area contributed by atoms with Gasteiger partial charge in [-0.1, -0.05) is 18.7 Å². The normalized spacial score (nSPS) is 9.44. The summed E-state index contributed by atoms with van der Waals surface area (Å²) in [7, 11) is 1.49. The number of hydrazine groups is 1. The van der Waals surface area contributed by atoms with Gasteiger partial charge >= 0.3 is 0 Å². The van der Waals surface area contributed by atoms with Gasteiger partial charge in [-0.25, -0.2) is 18.6 Å². The van der Waals surface area contributed by atoms with Gasteiger partial charge in [-0.05, 0) is 18.6 Å². The predicted molar refractivity (Wildman–Crippen MR) is 63.9 cm³/mol. The van der Waals surface area contributed by atoms with Crippen LogP contribution in [0.15, 0.2) is 30.5 Å². The SMILES string of the molecule is C=C(NNC)C(F)F.Cc1ccc(C=O)cc1F. The number of carbonyl (C=O) groups is 1. The molecule has 0 aromatic heterocycles. The van der Waals surface area contributed by atoms with Crippen LogP contribution in [-0.4, -0.2) is 19.8 Å². The second-order valence-corrected chi connectivity index (χ2v) is 3.33. The topological polar surface area (TPSA) is 41.1 Å². The van der Waals surface area contributed by atoms with Crippen LogP contribution in [0.25, 0.3) is 0 Å². The van der Waals surface area contributed by atoms with E-state index in [9.17, 15) is 18.0 Å². The van der Waals surface area contributed by atoms with Gasteiger partial charge < -0.3 is 5.43 Å². The van der Waals surface area contributed by atoms with E-state index in [1.807, 2.05) is 0 Å². The molecule has 0 radical (unpaired) electrons. The molecule has 6 heteroatoms. The molecule has 0 bridgehead atoms. The summed E-state index contributed by atoms with van der Waals surface area (Å²) >= 11 is 0. The third kappa shape index (κ3) is 6.05. The third-order valence-electron chi connectivity index (χ3n) is 1.88. The summed E-state index contributed by atoms with van der Waals surface area (Å²) in [6.45, 7) is 4.68. The largest absolute Gasteiger partial charge is 0.321 e.